The summed E-state index contributed by atoms with van der Waals surface area (Å²) in [7, 11) is 0. The van der Waals surface area contributed by atoms with E-state index >= 15 is 0 Å². The minimum absolute atomic E-state index is 0.0175. The van der Waals surface area contributed by atoms with Crippen molar-refractivity contribution >= 4 is 16.8 Å². The number of carbonyl (C=O) groups excluding carboxylic acids is 1. The van der Waals surface area contributed by atoms with Gasteiger partial charge in [-0.05, 0) is 17.5 Å². The Morgan fingerprint density at radius 1 is 1.27 bits per heavy atom. The first-order valence-electron chi connectivity index (χ1n) is 8.88. The smallest absolute Gasteiger partial charge is 0.243 e. The number of carbonyl (C=O) groups is 1. The molecule has 26 heavy (non-hydrogen) atoms. The summed E-state index contributed by atoms with van der Waals surface area (Å²) < 4.78 is 13.3. The number of ether oxygens (including phenoxy) is 1. The van der Waals surface area contributed by atoms with Crippen LogP contribution in [0.1, 0.15) is 37.6 Å². The van der Waals surface area contributed by atoms with E-state index in [2.05, 4.69) is 10.2 Å². The molecule has 136 valence electrons. The van der Waals surface area contributed by atoms with Crippen LogP contribution in [0, 0.1) is 0 Å². The highest BCUT2D eigenvalue weighted by Crippen LogP contribution is 2.26. The van der Waals surface area contributed by atoms with Crippen LogP contribution in [0.4, 0.5) is 0 Å². The first-order valence-corrected chi connectivity index (χ1v) is 8.88. The fourth-order valence-corrected chi connectivity index (χ4v) is 3.24. The third-order valence-electron chi connectivity index (χ3n) is 4.67. The Morgan fingerprint density at radius 3 is 2.92 bits per heavy atom. The summed E-state index contributed by atoms with van der Waals surface area (Å²) in [5.41, 5.74) is 1.05. The molecule has 3 heterocycles. The van der Waals surface area contributed by atoms with Crippen LogP contribution in [0.5, 0.6) is 0 Å². The lowest BCUT2D eigenvalue weighted by atomic mass is 10.2. The molecule has 1 aliphatic heterocycles. The first-order chi connectivity index (χ1) is 12.6. The molecule has 1 fully saturated rings. The molecule has 0 radical (unpaired) electrons. The standard InChI is InChI=1S/C19H22N4O3/c1-13(2)18-20-21-19(26-18)16-12-25-10-9-23(16)17(24)11-22-8-7-14-5-3-4-6-15(14)22/h3-8,13,16H,9-12H2,1-2H3. The van der Waals surface area contributed by atoms with Gasteiger partial charge in [-0.15, -0.1) is 10.2 Å². The summed E-state index contributed by atoms with van der Waals surface area (Å²) in [5.74, 6) is 1.19. The van der Waals surface area contributed by atoms with E-state index in [9.17, 15) is 4.79 Å². The van der Waals surface area contributed by atoms with E-state index in [0.29, 0.717) is 31.5 Å². The lowest BCUT2D eigenvalue weighted by Gasteiger charge is -2.33. The van der Waals surface area contributed by atoms with Crippen molar-refractivity contribution in [3.8, 4) is 0 Å². The van der Waals surface area contributed by atoms with E-state index in [1.165, 1.54) is 0 Å². The highest BCUT2D eigenvalue weighted by molar-refractivity contribution is 5.83. The number of amides is 1. The van der Waals surface area contributed by atoms with E-state index < -0.39 is 0 Å². The molecule has 1 unspecified atom stereocenters. The number of hydrogen-bond donors (Lipinski definition) is 0. The fourth-order valence-electron chi connectivity index (χ4n) is 3.24. The van der Waals surface area contributed by atoms with Gasteiger partial charge in [0.2, 0.25) is 17.7 Å². The largest absolute Gasteiger partial charge is 0.423 e. The van der Waals surface area contributed by atoms with Crippen LogP contribution in [0.3, 0.4) is 0 Å². The molecule has 0 N–H and O–H groups in total. The quantitative estimate of drug-likeness (QED) is 0.720. The van der Waals surface area contributed by atoms with Gasteiger partial charge in [0.05, 0.1) is 13.2 Å². The van der Waals surface area contributed by atoms with Gasteiger partial charge in [0.15, 0.2) is 0 Å². The van der Waals surface area contributed by atoms with Crippen LogP contribution in [0.15, 0.2) is 40.9 Å². The van der Waals surface area contributed by atoms with Crippen molar-refractivity contribution in [2.75, 3.05) is 19.8 Å². The van der Waals surface area contributed by atoms with Gasteiger partial charge in [-0.3, -0.25) is 4.79 Å². The minimum Gasteiger partial charge on any atom is -0.423 e. The van der Waals surface area contributed by atoms with E-state index in [-0.39, 0.29) is 24.4 Å². The van der Waals surface area contributed by atoms with E-state index in [1.807, 2.05) is 54.9 Å². The second-order valence-corrected chi connectivity index (χ2v) is 6.81. The maximum absolute atomic E-state index is 13.0. The van der Waals surface area contributed by atoms with Crippen molar-refractivity contribution in [1.82, 2.24) is 19.7 Å². The molecular weight excluding hydrogens is 332 g/mol. The molecular formula is C19H22N4O3. The van der Waals surface area contributed by atoms with Crippen molar-refractivity contribution in [3.63, 3.8) is 0 Å². The highest BCUT2D eigenvalue weighted by Gasteiger charge is 2.33. The molecule has 1 atom stereocenters. The van der Waals surface area contributed by atoms with Gasteiger partial charge < -0.3 is 18.6 Å². The average Bonchev–Trinajstić information content (AvgIpc) is 3.30. The SMILES string of the molecule is CC(C)c1nnc(C2COCCN2C(=O)Cn2ccc3ccccc32)o1. The number of para-hydroxylation sites is 1. The molecule has 1 aromatic carbocycles. The second-order valence-electron chi connectivity index (χ2n) is 6.81. The maximum Gasteiger partial charge on any atom is 0.243 e. The normalized spacial score (nSPS) is 18.0. The van der Waals surface area contributed by atoms with Crippen LogP contribution >= 0.6 is 0 Å². The van der Waals surface area contributed by atoms with Gasteiger partial charge >= 0.3 is 0 Å². The molecule has 0 bridgehead atoms. The van der Waals surface area contributed by atoms with E-state index in [4.69, 9.17) is 9.15 Å². The van der Waals surface area contributed by atoms with Crippen molar-refractivity contribution in [3.05, 3.63) is 48.3 Å². The Kier molecular flexibility index (Phi) is 4.46. The molecule has 1 aliphatic rings. The topological polar surface area (TPSA) is 73.4 Å². The van der Waals surface area contributed by atoms with Crippen LogP contribution < -0.4 is 0 Å². The summed E-state index contributed by atoms with van der Waals surface area (Å²) in [6.45, 7) is 5.67. The van der Waals surface area contributed by atoms with Crippen LogP contribution in [0.25, 0.3) is 10.9 Å². The lowest BCUT2D eigenvalue weighted by molar-refractivity contribution is -0.141. The molecule has 0 aliphatic carbocycles. The van der Waals surface area contributed by atoms with E-state index in [0.717, 1.165) is 10.9 Å². The third kappa shape index (κ3) is 3.10. The number of fused-ring (bicyclic) bond motifs is 1. The van der Waals surface area contributed by atoms with Crippen LogP contribution in [-0.2, 0) is 16.1 Å². The number of nitrogens with zero attached hydrogens (tertiary/aromatic N) is 4. The van der Waals surface area contributed by atoms with Crippen molar-refractivity contribution < 1.29 is 13.9 Å². The molecule has 7 nitrogen and oxygen atoms in total. The Hall–Kier alpha value is -2.67. The van der Waals surface area contributed by atoms with Gasteiger partial charge in [0.1, 0.15) is 12.6 Å². The Balaban J connectivity index is 1.56. The summed E-state index contributed by atoms with van der Waals surface area (Å²) in [4.78, 5) is 14.8. The summed E-state index contributed by atoms with van der Waals surface area (Å²) in [6, 6.07) is 9.72. The molecule has 1 saturated heterocycles. The van der Waals surface area contributed by atoms with E-state index in [1.54, 1.807) is 4.90 Å². The minimum atomic E-state index is -0.335. The Labute approximate surface area is 151 Å². The second kappa shape index (κ2) is 6.92. The molecule has 2 aromatic heterocycles. The van der Waals surface area contributed by atoms with Crippen molar-refractivity contribution in [2.45, 2.75) is 32.4 Å². The average molecular weight is 354 g/mol. The Bertz CT molecular complexity index is 914. The molecule has 7 heteroatoms. The number of aromatic nitrogens is 3. The summed E-state index contributed by atoms with van der Waals surface area (Å²) in [5, 5.41) is 9.35. The van der Waals surface area contributed by atoms with Gasteiger partial charge in [-0.1, -0.05) is 32.0 Å². The zero-order chi connectivity index (χ0) is 18.1. The predicted molar refractivity (Wildman–Crippen MR) is 95.6 cm³/mol. The first kappa shape index (κ1) is 16.8. The van der Waals surface area contributed by atoms with Gasteiger partial charge in [-0.25, -0.2) is 0 Å². The van der Waals surface area contributed by atoms with Crippen LogP contribution in [0.2, 0.25) is 0 Å². The van der Waals surface area contributed by atoms with Gasteiger partial charge in [0.25, 0.3) is 0 Å². The molecule has 4 rings (SSSR count). The third-order valence-corrected chi connectivity index (χ3v) is 4.67. The molecule has 0 spiro atoms. The van der Waals surface area contributed by atoms with Crippen molar-refractivity contribution in [2.24, 2.45) is 0 Å². The molecule has 3 aromatic rings. The number of rotatable bonds is 4. The zero-order valence-electron chi connectivity index (χ0n) is 15.0. The maximum atomic E-state index is 13.0. The highest BCUT2D eigenvalue weighted by atomic mass is 16.5. The summed E-state index contributed by atoms with van der Waals surface area (Å²) in [6.07, 6.45) is 1.95. The zero-order valence-corrected chi connectivity index (χ0v) is 15.0. The number of benzene rings is 1. The van der Waals surface area contributed by atoms with Crippen molar-refractivity contribution in [1.29, 1.82) is 0 Å². The molecule has 0 saturated carbocycles. The fraction of sp³-hybridized carbons (Fsp3) is 0.421. The monoisotopic (exact) mass is 354 g/mol. The number of morpholine rings is 1. The van der Waals surface area contributed by atoms with Crippen LogP contribution in [-0.4, -0.2) is 45.3 Å². The van der Waals surface area contributed by atoms with Gasteiger partial charge in [-0.2, -0.15) is 0 Å². The predicted octanol–water partition coefficient (Wildman–Crippen LogP) is 2.75. The summed E-state index contributed by atoms with van der Waals surface area (Å²) >= 11 is 0. The molecule has 1 amide bonds. The number of hydrogen-bond acceptors (Lipinski definition) is 5. The lowest BCUT2D eigenvalue weighted by Crippen LogP contribution is -2.44. The van der Waals surface area contributed by atoms with Gasteiger partial charge in [0, 0.05) is 24.2 Å². The Morgan fingerprint density at radius 2 is 2.12 bits per heavy atom.